The summed E-state index contributed by atoms with van der Waals surface area (Å²) in [6.07, 6.45) is 0.444. The van der Waals surface area contributed by atoms with E-state index in [0.717, 1.165) is 5.56 Å². The van der Waals surface area contributed by atoms with E-state index in [1.165, 1.54) is 0 Å². The van der Waals surface area contributed by atoms with Crippen LogP contribution in [0.2, 0.25) is 0 Å². The Morgan fingerprint density at radius 3 is 2.22 bits per heavy atom. The van der Waals surface area contributed by atoms with Crippen LogP contribution in [0.4, 0.5) is 0 Å². The molecule has 100 valence electrons. The summed E-state index contributed by atoms with van der Waals surface area (Å²) >= 11 is 0. The van der Waals surface area contributed by atoms with E-state index in [0.29, 0.717) is 17.9 Å². The molecule has 5 heteroatoms. The summed E-state index contributed by atoms with van der Waals surface area (Å²) in [4.78, 5) is 11.4. The summed E-state index contributed by atoms with van der Waals surface area (Å²) in [6, 6.07) is 6.63. The van der Waals surface area contributed by atoms with Crippen molar-refractivity contribution in [3.8, 4) is 0 Å². The van der Waals surface area contributed by atoms with Gasteiger partial charge in [-0.25, -0.2) is 8.42 Å². The molecule has 0 saturated heterocycles. The Hall–Kier alpha value is -1.36. The van der Waals surface area contributed by atoms with Gasteiger partial charge in [0, 0.05) is 13.0 Å². The zero-order valence-electron chi connectivity index (χ0n) is 10.9. The average Bonchev–Trinajstić information content (AvgIpc) is 2.36. The van der Waals surface area contributed by atoms with E-state index < -0.39 is 15.1 Å². The molecule has 0 aliphatic heterocycles. The molecular weight excluding hydrogens is 250 g/mol. The standard InChI is InChI=1S/C13H19NO3S/c1-4-13(15)14-9-11-5-7-12(8-6-11)18(16,17)10(2)3/h5-8,10H,4,9H2,1-3H3,(H,14,15). The Labute approximate surface area is 108 Å². The second-order valence-corrected chi connectivity index (χ2v) is 6.87. The predicted molar refractivity (Wildman–Crippen MR) is 70.9 cm³/mol. The molecule has 1 aromatic carbocycles. The second-order valence-electron chi connectivity index (χ2n) is 4.37. The molecule has 0 bridgehead atoms. The largest absolute Gasteiger partial charge is 0.352 e. The first kappa shape index (κ1) is 14.7. The van der Waals surface area contributed by atoms with Crippen molar-refractivity contribution in [1.82, 2.24) is 5.32 Å². The molecule has 1 amide bonds. The Kier molecular flexibility index (Phi) is 4.90. The quantitative estimate of drug-likeness (QED) is 0.888. The van der Waals surface area contributed by atoms with Crippen molar-refractivity contribution in [2.75, 3.05) is 0 Å². The fourth-order valence-corrected chi connectivity index (χ4v) is 2.45. The number of carbonyl (C=O) groups excluding carboxylic acids is 1. The molecule has 0 radical (unpaired) electrons. The summed E-state index contributed by atoms with van der Waals surface area (Å²) in [5, 5.41) is 2.31. The Bertz CT molecular complexity index is 504. The van der Waals surface area contributed by atoms with E-state index in [-0.39, 0.29) is 5.91 Å². The van der Waals surface area contributed by atoms with Crippen molar-refractivity contribution in [2.45, 2.75) is 43.9 Å². The number of sulfone groups is 1. The van der Waals surface area contributed by atoms with Crippen molar-refractivity contribution in [1.29, 1.82) is 0 Å². The molecule has 0 saturated carbocycles. The molecule has 18 heavy (non-hydrogen) atoms. The fraction of sp³-hybridized carbons (Fsp3) is 0.462. The zero-order valence-corrected chi connectivity index (χ0v) is 11.8. The Morgan fingerprint density at radius 2 is 1.78 bits per heavy atom. The van der Waals surface area contributed by atoms with E-state index in [1.54, 1.807) is 45.0 Å². The minimum Gasteiger partial charge on any atom is -0.352 e. The SMILES string of the molecule is CCC(=O)NCc1ccc(S(=O)(=O)C(C)C)cc1. The van der Waals surface area contributed by atoms with Crippen LogP contribution in [0.5, 0.6) is 0 Å². The first-order chi connectivity index (χ1) is 8.37. The number of rotatable bonds is 5. The number of benzene rings is 1. The lowest BCUT2D eigenvalue weighted by molar-refractivity contribution is -0.120. The third kappa shape index (κ3) is 3.57. The Balaban J connectivity index is 2.78. The monoisotopic (exact) mass is 269 g/mol. The number of hydrogen-bond donors (Lipinski definition) is 1. The third-order valence-electron chi connectivity index (χ3n) is 2.68. The molecule has 0 aliphatic carbocycles. The minimum absolute atomic E-state index is 0.0196. The molecular formula is C13H19NO3S. The van der Waals surface area contributed by atoms with Gasteiger partial charge in [0.05, 0.1) is 10.1 Å². The van der Waals surface area contributed by atoms with Crippen LogP contribution >= 0.6 is 0 Å². The molecule has 1 N–H and O–H groups in total. The number of nitrogens with one attached hydrogen (secondary N) is 1. The smallest absolute Gasteiger partial charge is 0.219 e. The van der Waals surface area contributed by atoms with E-state index in [1.807, 2.05) is 0 Å². The van der Waals surface area contributed by atoms with Crippen LogP contribution in [0.1, 0.15) is 32.8 Å². The van der Waals surface area contributed by atoms with Gasteiger partial charge in [0.2, 0.25) is 5.91 Å². The minimum atomic E-state index is -3.22. The molecule has 0 fully saturated rings. The first-order valence-corrected chi connectivity index (χ1v) is 7.52. The van der Waals surface area contributed by atoms with Gasteiger partial charge in [-0.05, 0) is 31.5 Å². The highest BCUT2D eigenvalue weighted by molar-refractivity contribution is 7.92. The topological polar surface area (TPSA) is 63.2 Å². The second kappa shape index (κ2) is 6.00. The summed E-state index contributed by atoms with van der Waals surface area (Å²) < 4.78 is 23.8. The van der Waals surface area contributed by atoms with Gasteiger partial charge in [-0.3, -0.25) is 4.79 Å². The van der Waals surface area contributed by atoms with Gasteiger partial charge < -0.3 is 5.32 Å². The molecule has 0 spiro atoms. The van der Waals surface area contributed by atoms with Gasteiger partial charge in [-0.2, -0.15) is 0 Å². The van der Waals surface area contributed by atoms with Crippen LogP contribution in [0, 0.1) is 0 Å². The predicted octanol–water partition coefficient (Wildman–Crippen LogP) is 1.89. The highest BCUT2D eigenvalue weighted by Gasteiger charge is 2.18. The van der Waals surface area contributed by atoms with E-state index in [9.17, 15) is 13.2 Å². The van der Waals surface area contributed by atoms with Crippen LogP contribution in [0.15, 0.2) is 29.2 Å². The van der Waals surface area contributed by atoms with E-state index in [4.69, 9.17) is 0 Å². The molecule has 0 aliphatic rings. The van der Waals surface area contributed by atoms with Gasteiger partial charge in [-0.1, -0.05) is 19.1 Å². The van der Waals surface area contributed by atoms with Crippen molar-refractivity contribution in [2.24, 2.45) is 0 Å². The lowest BCUT2D eigenvalue weighted by Gasteiger charge is -2.09. The molecule has 4 nitrogen and oxygen atoms in total. The Morgan fingerprint density at radius 1 is 1.22 bits per heavy atom. The third-order valence-corrected chi connectivity index (χ3v) is 4.85. The van der Waals surface area contributed by atoms with Gasteiger partial charge in [-0.15, -0.1) is 0 Å². The van der Waals surface area contributed by atoms with Gasteiger partial charge in [0.15, 0.2) is 9.84 Å². The number of amides is 1. The molecule has 0 atom stereocenters. The van der Waals surface area contributed by atoms with Crippen LogP contribution in [-0.2, 0) is 21.2 Å². The van der Waals surface area contributed by atoms with Gasteiger partial charge in [0.1, 0.15) is 0 Å². The van der Waals surface area contributed by atoms with Crippen LogP contribution in [0.3, 0.4) is 0 Å². The molecule has 1 rings (SSSR count). The molecule has 0 aromatic heterocycles. The molecule has 0 heterocycles. The average molecular weight is 269 g/mol. The van der Waals surface area contributed by atoms with Crippen LogP contribution in [0.25, 0.3) is 0 Å². The highest BCUT2D eigenvalue weighted by Crippen LogP contribution is 2.16. The molecule has 0 unspecified atom stereocenters. The zero-order chi connectivity index (χ0) is 13.8. The normalized spacial score (nSPS) is 11.6. The highest BCUT2D eigenvalue weighted by atomic mass is 32.2. The van der Waals surface area contributed by atoms with E-state index in [2.05, 4.69) is 5.32 Å². The summed E-state index contributed by atoms with van der Waals surface area (Å²) in [6.45, 7) is 5.53. The lowest BCUT2D eigenvalue weighted by atomic mass is 10.2. The maximum Gasteiger partial charge on any atom is 0.219 e. The van der Waals surface area contributed by atoms with Crippen LogP contribution in [-0.4, -0.2) is 19.6 Å². The lowest BCUT2D eigenvalue weighted by Crippen LogP contribution is -2.21. The maximum absolute atomic E-state index is 11.9. The van der Waals surface area contributed by atoms with Crippen molar-refractivity contribution in [3.63, 3.8) is 0 Å². The van der Waals surface area contributed by atoms with Gasteiger partial charge >= 0.3 is 0 Å². The van der Waals surface area contributed by atoms with E-state index >= 15 is 0 Å². The fourth-order valence-electron chi connectivity index (χ4n) is 1.39. The van der Waals surface area contributed by atoms with Crippen LogP contribution < -0.4 is 5.32 Å². The molecule has 1 aromatic rings. The van der Waals surface area contributed by atoms with Crippen molar-refractivity contribution in [3.05, 3.63) is 29.8 Å². The summed E-state index contributed by atoms with van der Waals surface area (Å²) in [7, 11) is -3.22. The maximum atomic E-state index is 11.9. The number of hydrogen-bond acceptors (Lipinski definition) is 3. The number of carbonyl (C=O) groups is 1. The van der Waals surface area contributed by atoms with Gasteiger partial charge in [0.25, 0.3) is 0 Å². The first-order valence-electron chi connectivity index (χ1n) is 5.97. The van der Waals surface area contributed by atoms with Crippen molar-refractivity contribution < 1.29 is 13.2 Å². The van der Waals surface area contributed by atoms with Crippen molar-refractivity contribution >= 4 is 15.7 Å². The summed E-state index contributed by atoms with van der Waals surface area (Å²) in [5.41, 5.74) is 0.888. The summed E-state index contributed by atoms with van der Waals surface area (Å²) in [5.74, 6) is -0.0196.